The van der Waals surface area contributed by atoms with Crippen LogP contribution in [0.5, 0.6) is 0 Å². The maximum Gasteiger partial charge on any atom is 0.294 e. The molecule has 5 nitrogen and oxygen atoms in total. The van der Waals surface area contributed by atoms with Crippen LogP contribution in [0.4, 0.5) is 11.4 Å². The van der Waals surface area contributed by atoms with Crippen LogP contribution in [0.15, 0.2) is 77.7 Å². The van der Waals surface area contributed by atoms with E-state index in [0.29, 0.717) is 5.69 Å². The number of fused-ring (bicyclic) bond motifs is 2. The first kappa shape index (κ1) is 15.6. The molecule has 1 aromatic heterocycles. The summed E-state index contributed by atoms with van der Waals surface area (Å²) in [4.78, 5) is 4.54. The molecule has 0 aliphatic heterocycles. The van der Waals surface area contributed by atoms with Crippen LogP contribution in [0.3, 0.4) is 0 Å². The minimum Gasteiger partial charge on any atom is -0.354 e. The molecule has 0 saturated carbocycles. The van der Waals surface area contributed by atoms with Crippen molar-refractivity contribution in [3.05, 3.63) is 72.8 Å². The zero-order valence-corrected chi connectivity index (χ0v) is 13.9. The van der Waals surface area contributed by atoms with Crippen molar-refractivity contribution in [3.63, 3.8) is 0 Å². The van der Waals surface area contributed by atoms with Crippen molar-refractivity contribution in [2.75, 3.05) is 5.32 Å². The molecule has 3 aromatic carbocycles. The average Bonchev–Trinajstić information content (AvgIpc) is 2.61. The molecule has 0 spiro atoms. The first-order valence-corrected chi connectivity index (χ1v) is 9.08. The molecule has 0 aliphatic carbocycles. The van der Waals surface area contributed by atoms with Crippen LogP contribution in [0.2, 0.25) is 0 Å². The smallest absolute Gasteiger partial charge is 0.294 e. The summed E-state index contributed by atoms with van der Waals surface area (Å²) < 4.78 is 31.5. The van der Waals surface area contributed by atoms with Gasteiger partial charge in [0, 0.05) is 16.5 Å². The molecule has 0 saturated heterocycles. The summed E-state index contributed by atoms with van der Waals surface area (Å²) in [6, 6.07) is 21.6. The first-order chi connectivity index (χ1) is 12.0. The van der Waals surface area contributed by atoms with E-state index in [1.165, 1.54) is 12.1 Å². The average molecular weight is 350 g/mol. The lowest BCUT2D eigenvalue weighted by molar-refractivity contribution is 0.483. The standard InChI is InChI=1S/C19H14N2O3S/c22-25(23,24)14-11-9-13(10-12-14)20-19-15-5-1-3-7-17(15)21-18-8-4-2-6-16(18)19/h1-12H,(H,20,21)(H,22,23,24). The zero-order valence-electron chi connectivity index (χ0n) is 13.0. The molecule has 0 aliphatic rings. The van der Waals surface area contributed by atoms with E-state index in [9.17, 15) is 8.42 Å². The molecule has 0 fully saturated rings. The Morgan fingerprint density at radius 1 is 0.760 bits per heavy atom. The van der Waals surface area contributed by atoms with Gasteiger partial charge in [-0.15, -0.1) is 0 Å². The number of nitrogens with zero attached hydrogens (tertiary/aromatic N) is 1. The molecule has 0 radical (unpaired) electrons. The third-order valence-corrected chi connectivity index (χ3v) is 4.88. The lowest BCUT2D eigenvalue weighted by Crippen LogP contribution is -1.99. The van der Waals surface area contributed by atoms with E-state index in [1.54, 1.807) is 12.1 Å². The Kier molecular flexibility index (Phi) is 3.63. The van der Waals surface area contributed by atoms with Gasteiger partial charge in [0.05, 0.1) is 21.6 Å². The van der Waals surface area contributed by atoms with E-state index in [1.807, 2.05) is 48.5 Å². The Morgan fingerprint density at radius 3 is 1.80 bits per heavy atom. The Labute approximate surface area is 144 Å². The Balaban J connectivity index is 1.87. The van der Waals surface area contributed by atoms with Crippen LogP contribution in [-0.4, -0.2) is 18.0 Å². The normalized spacial score (nSPS) is 11.7. The number of pyridine rings is 1. The summed E-state index contributed by atoms with van der Waals surface area (Å²) in [6.45, 7) is 0. The fraction of sp³-hybridized carbons (Fsp3) is 0. The number of para-hydroxylation sites is 2. The van der Waals surface area contributed by atoms with Crippen molar-refractivity contribution in [2.24, 2.45) is 0 Å². The summed E-state index contributed by atoms with van der Waals surface area (Å²) in [7, 11) is -4.20. The molecule has 6 heteroatoms. The third-order valence-electron chi connectivity index (χ3n) is 4.01. The molecule has 0 atom stereocenters. The van der Waals surface area contributed by atoms with E-state index in [-0.39, 0.29) is 4.90 Å². The summed E-state index contributed by atoms with van der Waals surface area (Å²) in [5, 5.41) is 5.30. The van der Waals surface area contributed by atoms with Gasteiger partial charge in [-0.05, 0) is 36.4 Å². The molecule has 2 N–H and O–H groups in total. The lowest BCUT2D eigenvalue weighted by Gasteiger charge is -2.13. The second kappa shape index (κ2) is 5.84. The highest BCUT2D eigenvalue weighted by molar-refractivity contribution is 7.85. The molecular weight excluding hydrogens is 336 g/mol. The van der Waals surface area contributed by atoms with Crippen LogP contribution in [0, 0.1) is 0 Å². The van der Waals surface area contributed by atoms with Gasteiger partial charge in [-0.1, -0.05) is 36.4 Å². The van der Waals surface area contributed by atoms with E-state index in [4.69, 9.17) is 4.55 Å². The maximum atomic E-state index is 11.2. The molecular formula is C19H14N2O3S. The lowest BCUT2D eigenvalue weighted by atomic mass is 10.1. The number of hydrogen-bond acceptors (Lipinski definition) is 4. The first-order valence-electron chi connectivity index (χ1n) is 7.64. The topological polar surface area (TPSA) is 79.3 Å². The van der Waals surface area contributed by atoms with Crippen LogP contribution >= 0.6 is 0 Å². The molecule has 4 rings (SSSR count). The quantitative estimate of drug-likeness (QED) is 0.423. The zero-order chi connectivity index (χ0) is 17.4. The highest BCUT2D eigenvalue weighted by atomic mass is 32.2. The van der Waals surface area contributed by atoms with Gasteiger partial charge in [0.2, 0.25) is 0 Å². The molecule has 25 heavy (non-hydrogen) atoms. The van der Waals surface area contributed by atoms with Gasteiger partial charge in [-0.3, -0.25) is 4.55 Å². The number of anilines is 2. The van der Waals surface area contributed by atoms with Crippen molar-refractivity contribution in [3.8, 4) is 0 Å². The number of nitrogens with one attached hydrogen (secondary N) is 1. The monoisotopic (exact) mass is 350 g/mol. The van der Waals surface area contributed by atoms with E-state index >= 15 is 0 Å². The largest absolute Gasteiger partial charge is 0.354 e. The highest BCUT2D eigenvalue weighted by Crippen LogP contribution is 2.33. The summed E-state index contributed by atoms with van der Waals surface area (Å²) in [5.74, 6) is 0. The molecule has 0 bridgehead atoms. The van der Waals surface area contributed by atoms with Crippen molar-refractivity contribution in [1.29, 1.82) is 0 Å². The van der Waals surface area contributed by atoms with Crippen LogP contribution < -0.4 is 5.32 Å². The van der Waals surface area contributed by atoms with Crippen molar-refractivity contribution in [2.45, 2.75) is 4.90 Å². The molecule has 0 unspecified atom stereocenters. The number of benzene rings is 3. The van der Waals surface area contributed by atoms with Gasteiger partial charge in [0.1, 0.15) is 0 Å². The Bertz CT molecular complexity index is 1130. The predicted molar refractivity (Wildman–Crippen MR) is 98.8 cm³/mol. The molecule has 124 valence electrons. The van der Waals surface area contributed by atoms with E-state index in [0.717, 1.165) is 27.5 Å². The SMILES string of the molecule is O=S(=O)(O)c1ccc(Nc2c3ccccc3nc3ccccc23)cc1. The second-order valence-electron chi connectivity index (χ2n) is 5.65. The van der Waals surface area contributed by atoms with Crippen LogP contribution in [-0.2, 0) is 10.1 Å². The molecule has 1 heterocycles. The Hall–Kier alpha value is -2.96. The predicted octanol–water partition coefficient (Wildman–Crippen LogP) is 4.38. The van der Waals surface area contributed by atoms with Gasteiger partial charge >= 0.3 is 0 Å². The van der Waals surface area contributed by atoms with Crippen LogP contribution in [0.25, 0.3) is 21.8 Å². The number of rotatable bonds is 3. The Morgan fingerprint density at radius 2 is 1.28 bits per heavy atom. The fourth-order valence-corrected chi connectivity index (χ4v) is 3.31. The number of aromatic nitrogens is 1. The minimum atomic E-state index is -4.20. The molecule has 4 aromatic rings. The summed E-state index contributed by atoms with van der Waals surface area (Å²) >= 11 is 0. The number of hydrogen-bond donors (Lipinski definition) is 2. The second-order valence-corrected chi connectivity index (χ2v) is 7.07. The fourth-order valence-electron chi connectivity index (χ4n) is 2.83. The van der Waals surface area contributed by atoms with E-state index in [2.05, 4.69) is 10.3 Å². The van der Waals surface area contributed by atoms with Crippen LogP contribution in [0.1, 0.15) is 0 Å². The van der Waals surface area contributed by atoms with E-state index < -0.39 is 10.1 Å². The minimum absolute atomic E-state index is 0.137. The summed E-state index contributed by atoms with van der Waals surface area (Å²) in [6.07, 6.45) is 0. The van der Waals surface area contributed by atoms with Gasteiger partial charge in [0.15, 0.2) is 0 Å². The third kappa shape index (κ3) is 2.93. The van der Waals surface area contributed by atoms with Crippen molar-refractivity contribution >= 4 is 43.3 Å². The maximum absolute atomic E-state index is 11.2. The van der Waals surface area contributed by atoms with Gasteiger partial charge in [-0.25, -0.2) is 4.98 Å². The summed E-state index contributed by atoms with van der Waals surface area (Å²) in [5.41, 5.74) is 3.37. The van der Waals surface area contributed by atoms with Crippen molar-refractivity contribution < 1.29 is 13.0 Å². The van der Waals surface area contributed by atoms with Gasteiger partial charge in [0.25, 0.3) is 10.1 Å². The molecule has 0 amide bonds. The van der Waals surface area contributed by atoms with Crippen molar-refractivity contribution in [1.82, 2.24) is 4.98 Å². The van der Waals surface area contributed by atoms with Gasteiger partial charge in [-0.2, -0.15) is 8.42 Å². The van der Waals surface area contributed by atoms with Gasteiger partial charge < -0.3 is 5.32 Å². The highest BCUT2D eigenvalue weighted by Gasteiger charge is 2.11.